The van der Waals surface area contributed by atoms with Crippen molar-refractivity contribution in [2.45, 2.75) is 76.0 Å². The van der Waals surface area contributed by atoms with Gasteiger partial charge in [-0.15, -0.1) is 8.78 Å². The molecule has 1 unspecified atom stereocenters. The third kappa shape index (κ3) is 4.48. The predicted octanol–water partition coefficient (Wildman–Crippen LogP) is 4.99. The van der Waals surface area contributed by atoms with Crippen molar-refractivity contribution in [1.82, 2.24) is 4.57 Å². The molecule has 0 saturated heterocycles. The van der Waals surface area contributed by atoms with Gasteiger partial charge in [0.05, 0.1) is 38.3 Å². The molecule has 0 spiro atoms. The van der Waals surface area contributed by atoms with E-state index in [0.29, 0.717) is 0 Å². The largest absolute Gasteiger partial charge is 0.586 e. The number of Topliss-reactive ketones (excluding diaryl/α,β-unsaturated/α-hetero) is 1. The van der Waals surface area contributed by atoms with Crippen molar-refractivity contribution in [2.24, 2.45) is 0 Å². The second-order valence-electron chi connectivity index (χ2n) is 8.91. The fourth-order valence-electron chi connectivity index (χ4n) is 3.98. The number of nitrogens with zero attached hydrogens (tertiary/aromatic N) is 1. The Balaban J connectivity index is 1.78. The molecule has 2 N–H and O–H groups in total. The average molecular weight is 531 g/mol. The third-order valence-corrected chi connectivity index (χ3v) is 6.28. The van der Waals surface area contributed by atoms with Crippen LogP contribution in [0.1, 0.15) is 74.5 Å². The van der Waals surface area contributed by atoms with Crippen LogP contribution in [0.3, 0.4) is 0 Å². The molecule has 2 aromatic carbocycles. The Morgan fingerprint density at radius 3 is 2.73 bits per heavy atom. The summed E-state index contributed by atoms with van der Waals surface area (Å²) in [5, 5.41) is 19.5. The predicted molar refractivity (Wildman–Crippen MR) is 131 cm³/mol. The van der Waals surface area contributed by atoms with Gasteiger partial charge in [-0.1, -0.05) is 26.8 Å². The van der Waals surface area contributed by atoms with E-state index in [1.807, 2.05) is 0 Å². The zero-order valence-electron chi connectivity index (χ0n) is 32.6. The van der Waals surface area contributed by atoms with Crippen LogP contribution in [0.15, 0.2) is 36.3 Å². The van der Waals surface area contributed by atoms with Crippen LogP contribution in [-0.2, 0) is 28.5 Å². The van der Waals surface area contributed by atoms with Gasteiger partial charge in [-0.3, -0.25) is 4.79 Å². The lowest BCUT2D eigenvalue weighted by Gasteiger charge is -2.26. The number of ether oxygens (including phenoxy) is 2. The van der Waals surface area contributed by atoms with E-state index in [0.717, 1.165) is 25.1 Å². The number of rotatable bonds is 9. The van der Waals surface area contributed by atoms with Crippen molar-refractivity contribution in [2.75, 3.05) is 6.61 Å². The Labute approximate surface area is 230 Å². The van der Waals surface area contributed by atoms with Crippen molar-refractivity contribution in [1.29, 1.82) is 0 Å². The summed E-state index contributed by atoms with van der Waals surface area (Å²) in [5.41, 5.74) is -8.29. The van der Waals surface area contributed by atoms with E-state index in [1.54, 1.807) is 0 Å². The lowest BCUT2D eigenvalue weighted by atomic mass is 9.86. The smallest absolute Gasteiger partial charge is 0.395 e. The highest BCUT2D eigenvalue weighted by Gasteiger charge is 2.52. The lowest BCUT2D eigenvalue weighted by Crippen LogP contribution is -2.26. The van der Waals surface area contributed by atoms with Gasteiger partial charge in [0.15, 0.2) is 11.5 Å². The molecule has 1 saturated carbocycles. The van der Waals surface area contributed by atoms with Crippen molar-refractivity contribution >= 4 is 16.7 Å². The first kappa shape index (κ1) is 14.2. The van der Waals surface area contributed by atoms with E-state index in [4.69, 9.17) is 17.8 Å². The number of benzene rings is 2. The molecule has 1 fully saturated rings. The summed E-state index contributed by atoms with van der Waals surface area (Å²) in [7, 11) is 0. The Morgan fingerprint density at radius 2 is 2.08 bits per heavy atom. The maximum absolute atomic E-state index is 16.3. The van der Waals surface area contributed by atoms with Crippen molar-refractivity contribution < 1.29 is 55.5 Å². The second-order valence-corrected chi connectivity index (χ2v) is 8.91. The Hall–Kier alpha value is -3.04. The molecule has 1 aliphatic carbocycles. The normalized spacial score (nSPS) is 29.0. The molecule has 2 atom stereocenters. The number of fused-ring (bicyclic) bond motifs is 2. The summed E-state index contributed by atoms with van der Waals surface area (Å²) in [6.45, 7) is -5.79. The zero-order chi connectivity index (χ0) is 38.2. The summed E-state index contributed by atoms with van der Waals surface area (Å²) in [6.07, 6.45) is -15.4. The van der Waals surface area contributed by atoms with E-state index < -0.39 is 131 Å². The van der Waals surface area contributed by atoms with Gasteiger partial charge in [0.2, 0.25) is 0 Å². The number of aromatic nitrogens is 1. The fraction of sp³-hybridized carbons (Fsp3) is 0.464. The second kappa shape index (κ2) is 8.77. The molecule has 3 aromatic rings. The number of aliphatic hydroxyl groups excluding tert-OH is 1. The minimum absolute atomic E-state index is 0.223. The molecule has 9 heteroatoms. The van der Waals surface area contributed by atoms with Gasteiger partial charge in [-0.05, 0) is 60.6 Å². The minimum atomic E-state index is -4.12. The Morgan fingerprint density at radius 1 is 1.35 bits per heavy atom. The molecular formula is C28H30F3NO5. The number of alkyl halides is 2. The highest BCUT2D eigenvalue weighted by atomic mass is 19.3. The first-order valence-electron chi connectivity index (χ1n) is 17.7. The maximum atomic E-state index is 16.3. The van der Waals surface area contributed by atoms with Gasteiger partial charge >= 0.3 is 6.29 Å². The zero-order valence-corrected chi connectivity index (χ0v) is 19.6. The van der Waals surface area contributed by atoms with Crippen LogP contribution in [0.4, 0.5) is 13.2 Å². The number of aliphatic hydroxyl groups is 2. The van der Waals surface area contributed by atoms with Gasteiger partial charge in [0, 0.05) is 32.5 Å². The fourth-order valence-corrected chi connectivity index (χ4v) is 3.98. The minimum Gasteiger partial charge on any atom is -0.395 e. The maximum Gasteiger partial charge on any atom is 0.586 e. The van der Waals surface area contributed by atoms with Gasteiger partial charge in [0.25, 0.3) is 0 Å². The van der Waals surface area contributed by atoms with Crippen LogP contribution in [0, 0.1) is 5.82 Å². The lowest BCUT2D eigenvalue weighted by molar-refractivity contribution is -0.286. The van der Waals surface area contributed by atoms with E-state index in [1.165, 1.54) is 6.92 Å². The van der Waals surface area contributed by atoms with Crippen LogP contribution >= 0.6 is 0 Å². The van der Waals surface area contributed by atoms with Crippen LogP contribution in [0.25, 0.3) is 10.9 Å². The highest BCUT2D eigenvalue weighted by molar-refractivity contribution is 5.95. The summed E-state index contributed by atoms with van der Waals surface area (Å²) in [5.74, 6) is -4.31. The van der Waals surface area contributed by atoms with Crippen molar-refractivity contribution in [3.05, 3.63) is 59.0 Å². The molecule has 0 amide bonds. The molecule has 1 aromatic heterocycles. The van der Waals surface area contributed by atoms with E-state index in [9.17, 15) is 23.8 Å². The molecule has 6 nitrogen and oxygen atoms in total. The molecule has 0 radical (unpaired) electrons. The number of halogens is 3. The summed E-state index contributed by atoms with van der Waals surface area (Å²) >= 11 is 0. The average Bonchev–Trinajstić information content (AvgIpc) is 3.27. The summed E-state index contributed by atoms with van der Waals surface area (Å²) in [4.78, 5) is 14.0. The monoisotopic (exact) mass is 530 g/mol. The van der Waals surface area contributed by atoms with Crippen LogP contribution in [0.2, 0.25) is 0 Å². The molecule has 5 rings (SSSR count). The Kier molecular flexibility index (Phi) is 3.37. The molecule has 0 bridgehead atoms. The van der Waals surface area contributed by atoms with E-state index in [2.05, 4.69) is 9.47 Å². The number of ketones is 1. The quantitative estimate of drug-likeness (QED) is 0.408. The van der Waals surface area contributed by atoms with E-state index in [-0.39, 0.29) is 11.0 Å². The van der Waals surface area contributed by atoms with Crippen molar-refractivity contribution in [3.63, 3.8) is 0 Å². The molecule has 2 aliphatic rings. The van der Waals surface area contributed by atoms with Gasteiger partial charge < -0.3 is 24.3 Å². The van der Waals surface area contributed by atoms with Crippen molar-refractivity contribution in [3.8, 4) is 11.5 Å². The topological polar surface area (TPSA) is 80.9 Å². The highest BCUT2D eigenvalue weighted by Crippen LogP contribution is 2.52. The van der Waals surface area contributed by atoms with E-state index >= 15 is 4.39 Å². The van der Waals surface area contributed by atoms with Crippen LogP contribution in [-0.4, -0.2) is 39.5 Å². The molecule has 2 heterocycles. The Bertz CT molecular complexity index is 1930. The SMILES string of the molecule is [2H]c1c(CC(=O)C2(c3ccc4c(c3)OC(F)(F)O4)C([2H])([2H])C2([2H])[2H])c(F)c([2H])c2c1c([2H])c(C(C)(CC)C([2H])([2H])[2H])n2C([2H])([2H])[C@]([2H])(O)CO. The van der Waals surface area contributed by atoms with Gasteiger partial charge in [0.1, 0.15) is 11.6 Å². The number of hydrogen-bond donors (Lipinski definition) is 2. The number of carbonyl (C=O) groups excluding carboxylic acids is 1. The molecule has 1 aliphatic heterocycles. The molecule has 37 heavy (non-hydrogen) atoms. The summed E-state index contributed by atoms with van der Waals surface area (Å²) in [6, 6.07) is -0.786. The molecular weight excluding hydrogens is 487 g/mol. The standard InChI is InChI=1S/C28H30F3NO5/c1-4-26(2,3)24-10-17-9-16(20(29)13-21(17)32(24)14-19(34)15-33)11-25(35)27(7-8-27)18-5-6-22-23(12-18)37-28(30,31)36-22/h5-6,9-10,12-13,19,33-34H,4,7-8,11,14-15H2,1-3H3/t19-/m0/s1/i2D3,7D2,8D2,9D,10D,13D,14D2,19D/t19-,26?. The summed E-state index contributed by atoms with van der Waals surface area (Å²) < 4.78 is 163. The first-order valence-corrected chi connectivity index (χ1v) is 11.2. The number of hydrogen-bond acceptors (Lipinski definition) is 5. The third-order valence-electron chi connectivity index (χ3n) is 6.28. The first-order chi connectivity index (χ1) is 22.6. The van der Waals surface area contributed by atoms with Gasteiger partial charge in [-0.25, -0.2) is 4.39 Å². The van der Waals surface area contributed by atoms with Gasteiger partial charge in [-0.2, -0.15) is 0 Å². The van der Waals surface area contributed by atoms with Crippen LogP contribution in [0.5, 0.6) is 11.5 Å². The van der Waals surface area contributed by atoms with Crippen LogP contribution < -0.4 is 9.47 Å². The number of carbonyl (C=O) groups is 1. The molecule has 198 valence electrons.